The second kappa shape index (κ2) is 58.9. The Morgan fingerprint density at radius 2 is 0.722 bits per heavy atom. The van der Waals surface area contributed by atoms with Gasteiger partial charge < -0.3 is 61.9 Å². The van der Waals surface area contributed by atoms with E-state index in [9.17, 15) is 33.9 Å². The van der Waals surface area contributed by atoms with Gasteiger partial charge >= 0.3 is 36.1 Å². The molecule has 0 spiro atoms. The van der Waals surface area contributed by atoms with E-state index in [0.717, 1.165) is 106 Å². The molecule has 0 aromatic rings. The Morgan fingerprint density at radius 3 is 1.17 bits per heavy atom. The molecule has 0 aromatic heterocycles. The van der Waals surface area contributed by atoms with Crippen LogP contribution >= 0.6 is 0 Å². The zero-order chi connectivity index (χ0) is 66.8. The third kappa shape index (κ3) is 56.9. The van der Waals surface area contributed by atoms with Gasteiger partial charge in [-0.2, -0.15) is 0 Å². The van der Waals surface area contributed by atoms with Crippen LogP contribution in [0.2, 0.25) is 0 Å². The zero-order valence-corrected chi connectivity index (χ0v) is 58.4. The number of ether oxygens (including phenoxy) is 12. The lowest BCUT2D eigenvalue weighted by Gasteiger charge is -2.27. The van der Waals surface area contributed by atoms with Crippen LogP contribution in [-0.2, 0) is 76.0 Å². The number of nitrogens with zero attached hydrogens (tertiary/aromatic N) is 2. The van der Waals surface area contributed by atoms with Crippen molar-refractivity contribution in [1.82, 2.24) is 9.80 Å². The second-order valence-electron chi connectivity index (χ2n) is 25.6. The fourth-order valence-electron chi connectivity index (χ4n) is 9.41. The summed E-state index contributed by atoms with van der Waals surface area (Å²) in [5.41, 5.74) is -1.69. The maximum absolute atomic E-state index is 12.9. The number of carbonyl (C=O) groups excluding carboxylic acids is 6. The van der Waals surface area contributed by atoms with Crippen LogP contribution in [0.1, 0.15) is 249 Å². The number of rotatable bonds is 62. The van der Waals surface area contributed by atoms with E-state index in [1.807, 2.05) is 0 Å². The molecule has 0 rings (SSSR count). The van der Waals surface area contributed by atoms with Crippen molar-refractivity contribution in [2.75, 3.05) is 132 Å². The van der Waals surface area contributed by atoms with Crippen LogP contribution < -0.4 is 0 Å². The zero-order valence-electron chi connectivity index (χ0n) is 58.4. The lowest BCUT2D eigenvalue weighted by atomic mass is 9.96. The molecule has 21 heteroatoms. The van der Waals surface area contributed by atoms with Gasteiger partial charge in [0.05, 0.1) is 85.8 Å². The van der Waals surface area contributed by atoms with Gasteiger partial charge in [0.25, 0.3) is 0 Å². The molecule has 2 amide bonds. The third-order valence-electron chi connectivity index (χ3n) is 14.5. The van der Waals surface area contributed by atoms with Gasteiger partial charge in [-0.05, 0) is 105 Å². The van der Waals surface area contributed by atoms with Crippen molar-refractivity contribution in [2.45, 2.75) is 266 Å². The summed E-state index contributed by atoms with van der Waals surface area (Å²) < 4.78 is 67.9. The molecule has 0 saturated carbocycles. The highest BCUT2D eigenvalue weighted by atomic mass is 16.6. The molecule has 0 saturated heterocycles. The molecule has 3 atom stereocenters. The van der Waals surface area contributed by atoms with Crippen molar-refractivity contribution in [2.24, 2.45) is 11.8 Å². The average Bonchev–Trinajstić information content (AvgIpc) is 3.69. The topological polar surface area (TPSA) is 240 Å². The molecule has 0 aromatic carbocycles. The smallest absolute Gasteiger partial charge is 0.410 e. The van der Waals surface area contributed by atoms with Crippen LogP contribution in [0.3, 0.4) is 0 Å². The van der Waals surface area contributed by atoms with Gasteiger partial charge in [0.2, 0.25) is 0 Å². The van der Waals surface area contributed by atoms with Gasteiger partial charge in [0.15, 0.2) is 0 Å². The highest BCUT2D eigenvalue weighted by Crippen LogP contribution is 2.21. The quantitative estimate of drug-likeness (QED) is 0.0338. The minimum Gasteiger partial charge on any atom is -0.465 e. The second-order valence-corrected chi connectivity index (χ2v) is 25.6. The number of amides is 2. The lowest BCUT2D eigenvalue weighted by Crippen LogP contribution is -2.43. The standard InChI is InChI=1S/C69H130N2O19/c1-11-15-19-27-35-59(33-17-13-3)55-87-62(73)37-29-23-21-25-31-42-82-57-61(84-43-32-26-22-24-30-38-63(74)88-56-60(34-18-14-4)36-28-20-16-12-2)58-83-50-49-80-46-45-79-47-48-81-51-52-86-65(76)54-71(67(78)90-69(8,9)10)40-44-85-64(75)53-70(39-41-72)66(77)89-68(5,6)7/h59-61,72H,11-58H2,1-10H3. The van der Waals surface area contributed by atoms with Gasteiger partial charge in [-0.1, -0.05) is 143 Å². The number of aliphatic hydroxyl groups is 1. The molecular weight excluding hydrogens is 1160 g/mol. The van der Waals surface area contributed by atoms with Crippen LogP contribution in [0.25, 0.3) is 0 Å². The Balaban J connectivity index is 4.75. The molecule has 1 N–H and O–H groups in total. The summed E-state index contributed by atoms with van der Waals surface area (Å²) in [6, 6.07) is 0. The van der Waals surface area contributed by atoms with Crippen LogP contribution in [0, 0.1) is 11.8 Å². The largest absolute Gasteiger partial charge is 0.465 e. The van der Waals surface area contributed by atoms with Crippen molar-refractivity contribution in [1.29, 1.82) is 0 Å². The van der Waals surface area contributed by atoms with Crippen molar-refractivity contribution < 1.29 is 90.7 Å². The maximum atomic E-state index is 12.9. The Hall–Kier alpha value is -3.86. The number of aliphatic hydroxyl groups excluding tert-OH is 1. The summed E-state index contributed by atoms with van der Waals surface area (Å²) in [5, 5.41) is 9.37. The molecule has 0 fully saturated rings. The summed E-state index contributed by atoms with van der Waals surface area (Å²) in [5.74, 6) is -0.722. The molecule has 0 aliphatic heterocycles. The SMILES string of the molecule is CCCCCCC(CCCC)COC(=O)CCCCCCCOCC(COCCOCCOCCOCCOC(=O)CN(CCOC(=O)CN(CCO)C(=O)OC(C)(C)C)C(=O)OC(C)(C)C)OCCCCCCCC(=O)OCC(CCCC)CCCCCC. The minimum atomic E-state index is -0.869. The van der Waals surface area contributed by atoms with E-state index in [1.165, 1.54) is 70.6 Å². The highest BCUT2D eigenvalue weighted by Gasteiger charge is 2.27. The predicted octanol–water partition coefficient (Wildman–Crippen LogP) is 13.3. The molecule has 90 heavy (non-hydrogen) atoms. The van der Waals surface area contributed by atoms with Gasteiger partial charge in [0.1, 0.15) is 43.6 Å². The summed E-state index contributed by atoms with van der Waals surface area (Å²) in [7, 11) is 0. The first-order valence-corrected chi connectivity index (χ1v) is 35.0. The van der Waals surface area contributed by atoms with Crippen molar-refractivity contribution >= 4 is 36.1 Å². The fourth-order valence-corrected chi connectivity index (χ4v) is 9.41. The van der Waals surface area contributed by atoms with Gasteiger partial charge in [-0.3, -0.25) is 29.0 Å². The Kier molecular flexibility index (Phi) is 56.4. The van der Waals surface area contributed by atoms with E-state index in [2.05, 4.69) is 27.7 Å². The average molecular weight is 1290 g/mol. The van der Waals surface area contributed by atoms with E-state index >= 15 is 0 Å². The first-order chi connectivity index (χ1) is 43.3. The molecule has 0 aliphatic carbocycles. The molecule has 0 bridgehead atoms. The minimum absolute atomic E-state index is 0.0684. The summed E-state index contributed by atoms with van der Waals surface area (Å²) in [6.07, 6.45) is 27.9. The number of unbranched alkanes of at least 4 members (excludes halogenated alkanes) is 16. The Labute approximate surface area is 544 Å². The number of carbonyl (C=O) groups is 6. The highest BCUT2D eigenvalue weighted by molar-refractivity contribution is 5.79. The monoisotopic (exact) mass is 1290 g/mol. The van der Waals surface area contributed by atoms with Crippen molar-refractivity contribution in [3.63, 3.8) is 0 Å². The van der Waals surface area contributed by atoms with Gasteiger partial charge in [-0.15, -0.1) is 0 Å². The van der Waals surface area contributed by atoms with Crippen LogP contribution in [0.15, 0.2) is 0 Å². The van der Waals surface area contributed by atoms with Crippen LogP contribution in [0.4, 0.5) is 9.59 Å². The number of hydrogen-bond donors (Lipinski definition) is 1. The first-order valence-electron chi connectivity index (χ1n) is 35.0. The van der Waals surface area contributed by atoms with Crippen molar-refractivity contribution in [3.05, 3.63) is 0 Å². The van der Waals surface area contributed by atoms with E-state index < -0.39 is 55.0 Å². The lowest BCUT2D eigenvalue weighted by molar-refractivity contribution is -0.148. The number of hydrogen-bond acceptors (Lipinski definition) is 19. The normalized spacial score (nSPS) is 12.7. The van der Waals surface area contributed by atoms with E-state index in [1.54, 1.807) is 41.5 Å². The van der Waals surface area contributed by atoms with Gasteiger partial charge in [0, 0.05) is 32.6 Å². The Bertz CT molecular complexity index is 1740. The predicted molar refractivity (Wildman–Crippen MR) is 349 cm³/mol. The van der Waals surface area contributed by atoms with Crippen molar-refractivity contribution in [3.8, 4) is 0 Å². The summed E-state index contributed by atoms with van der Waals surface area (Å²) in [4.78, 5) is 77.8. The maximum Gasteiger partial charge on any atom is 0.410 e. The summed E-state index contributed by atoms with van der Waals surface area (Å²) >= 11 is 0. The summed E-state index contributed by atoms with van der Waals surface area (Å²) in [6.45, 7) is 22.0. The van der Waals surface area contributed by atoms with Crippen LogP contribution in [-0.4, -0.2) is 200 Å². The molecule has 0 radical (unpaired) electrons. The Morgan fingerprint density at radius 1 is 0.356 bits per heavy atom. The fraction of sp³-hybridized carbons (Fsp3) is 0.913. The van der Waals surface area contributed by atoms with Gasteiger partial charge in [-0.25, -0.2) is 9.59 Å². The molecular formula is C69H130N2O19. The van der Waals surface area contributed by atoms with E-state index in [-0.39, 0.29) is 64.2 Å². The third-order valence-corrected chi connectivity index (χ3v) is 14.5. The molecule has 3 unspecified atom stereocenters. The van der Waals surface area contributed by atoms with E-state index in [4.69, 9.17) is 56.8 Å². The molecule has 530 valence electrons. The number of esters is 4. The van der Waals surface area contributed by atoms with E-state index in [0.29, 0.717) is 90.7 Å². The molecule has 0 aliphatic rings. The first kappa shape index (κ1) is 86.1. The van der Waals surface area contributed by atoms with Crippen LogP contribution in [0.5, 0.6) is 0 Å². The molecule has 21 nitrogen and oxygen atoms in total. The molecule has 0 heterocycles.